The van der Waals surface area contributed by atoms with E-state index in [1.165, 1.54) is 5.56 Å². The summed E-state index contributed by atoms with van der Waals surface area (Å²) in [6.45, 7) is 4.45. The van der Waals surface area contributed by atoms with Crippen LogP contribution in [0.15, 0.2) is 12.4 Å². The Hall–Kier alpha value is -1.93. The van der Waals surface area contributed by atoms with Gasteiger partial charge < -0.3 is 20.3 Å². The van der Waals surface area contributed by atoms with Crippen LogP contribution in [0, 0.1) is 11.8 Å². The van der Waals surface area contributed by atoms with Crippen LogP contribution in [0.3, 0.4) is 0 Å². The summed E-state index contributed by atoms with van der Waals surface area (Å²) >= 11 is 0. The zero-order valence-electron chi connectivity index (χ0n) is 15.4. The van der Waals surface area contributed by atoms with Gasteiger partial charge in [0.2, 0.25) is 11.8 Å². The molecule has 2 amide bonds. The molecule has 2 atom stereocenters. The molecule has 1 aromatic rings. The van der Waals surface area contributed by atoms with E-state index in [-0.39, 0.29) is 23.7 Å². The second kappa shape index (κ2) is 9.14. The second-order valence-corrected chi connectivity index (χ2v) is 7.14. The van der Waals surface area contributed by atoms with Gasteiger partial charge in [-0.1, -0.05) is 0 Å². The summed E-state index contributed by atoms with van der Waals surface area (Å²) in [7, 11) is 1.90. The van der Waals surface area contributed by atoms with Crippen molar-refractivity contribution in [2.24, 2.45) is 18.9 Å². The normalized spacial score (nSPS) is 23.7. The van der Waals surface area contributed by atoms with Gasteiger partial charge in [-0.3, -0.25) is 14.3 Å². The highest BCUT2D eigenvalue weighted by Crippen LogP contribution is 2.19. The number of carbonyl (C=O) groups excluding carboxylic acids is 2. The van der Waals surface area contributed by atoms with E-state index in [9.17, 15) is 9.59 Å². The first-order valence-corrected chi connectivity index (χ1v) is 9.46. The van der Waals surface area contributed by atoms with Gasteiger partial charge in [-0.25, -0.2) is 0 Å². The molecule has 0 saturated carbocycles. The molecule has 3 heterocycles. The predicted molar refractivity (Wildman–Crippen MR) is 96.4 cm³/mol. The highest BCUT2D eigenvalue weighted by molar-refractivity contribution is 5.83. The molecule has 26 heavy (non-hydrogen) atoms. The molecule has 0 bridgehead atoms. The SMILES string of the molecule is Cn1cc(CCCNC(=O)[C@H]2CNC[C@@H](C(=O)N3CCOCC3)C2)cn1. The average Bonchev–Trinajstić information content (AvgIpc) is 3.10. The molecular formula is C18H29N5O3. The van der Waals surface area contributed by atoms with Crippen molar-refractivity contribution >= 4 is 11.8 Å². The van der Waals surface area contributed by atoms with Gasteiger partial charge >= 0.3 is 0 Å². The molecule has 0 aromatic carbocycles. The van der Waals surface area contributed by atoms with Gasteiger partial charge in [0.25, 0.3) is 0 Å². The minimum Gasteiger partial charge on any atom is -0.378 e. The quantitative estimate of drug-likeness (QED) is 0.669. The first-order valence-electron chi connectivity index (χ1n) is 9.46. The molecule has 0 spiro atoms. The summed E-state index contributed by atoms with van der Waals surface area (Å²) in [5.74, 6) is -0.0665. The smallest absolute Gasteiger partial charge is 0.227 e. The summed E-state index contributed by atoms with van der Waals surface area (Å²) in [4.78, 5) is 26.9. The van der Waals surface area contributed by atoms with E-state index in [4.69, 9.17) is 4.74 Å². The Bertz CT molecular complexity index is 612. The number of ether oxygens (including phenoxy) is 1. The molecule has 2 saturated heterocycles. The van der Waals surface area contributed by atoms with Crippen LogP contribution >= 0.6 is 0 Å². The zero-order chi connectivity index (χ0) is 18.4. The molecule has 2 N–H and O–H groups in total. The Kier molecular flexibility index (Phi) is 6.62. The fourth-order valence-corrected chi connectivity index (χ4v) is 3.62. The summed E-state index contributed by atoms with van der Waals surface area (Å²) < 4.78 is 7.09. The third-order valence-corrected chi connectivity index (χ3v) is 5.09. The third-order valence-electron chi connectivity index (χ3n) is 5.09. The fourth-order valence-electron chi connectivity index (χ4n) is 3.62. The van der Waals surface area contributed by atoms with Gasteiger partial charge in [0.15, 0.2) is 0 Å². The topological polar surface area (TPSA) is 88.5 Å². The minimum atomic E-state index is -0.142. The van der Waals surface area contributed by atoms with E-state index in [1.807, 2.05) is 24.3 Å². The largest absolute Gasteiger partial charge is 0.378 e. The highest BCUT2D eigenvalue weighted by Gasteiger charge is 2.33. The van der Waals surface area contributed by atoms with Crippen LogP contribution in [0.25, 0.3) is 0 Å². The Morgan fingerprint density at radius 2 is 2.08 bits per heavy atom. The second-order valence-electron chi connectivity index (χ2n) is 7.14. The Labute approximate surface area is 154 Å². The van der Waals surface area contributed by atoms with Crippen LogP contribution in [0.2, 0.25) is 0 Å². The lowest BCUT2D eigenvalue weighted by Crippen LogP contribution is -2.51. The van der Waals surface area contributed by atoms with Crippen molar-refractivity contribution in [3.05, 3.63) is 18.0 Å². The summed E-state index contributed by atoms with van der Waals surface area (Å²) in [5.41, 5.74) is 1.18. The van der Waals surface area contributed by atoms with Crippen LogP contribution in [0.1, 0.15) is 18.4 Å². The number of hydrogen-bond donors (Lipinski definition) is 2. The predicted octanol–water partition coefficient (Wildman–Crippen LogP) is -0.447. The number of morpholine rings is 1. The van der Waals surface area contributed by atoms with E-state index in [2.05, 4.69) is 15.7 Å². The van der Waals surface area contributed by atoms with Crippen molar-refractivity contribution in [1.82, 2.24) is 25.3 Å². The van der Waals surface area contributed by atoms with Crippen molar-refractivity contribution < 1.29 is 14.3 Å². The standard InChI is InChI=1S/C18H29N5O3/c1-22-13-14(10-21-22)3-2-4-20-17(24)15-9-16(12-19-11-15)18(25)23-5-7-26-8-6-23/h10,13,15-16,19H,2-9,11-12H2,1H3,(H,20,24)/t15-,16+/m1/s1. The van der Waals surface area contributed by atoms with E-state index in [0.29, 0.717) is 52.4 Å². The average molecular weight is 363 g/mol. The van der Waals surface area contributed by atoms with Crippen molar-refractivity contribution in [3.63, 3.8) is 0 Å². The number of nitrogens with zero attached hydrogens (tertiary/aromatic N) is 3. The number of hydrogen-bond acceptors (Lipinski definition) is 5. The van der Waals surface area contributed by atoms with Gasteiger partial charge in [0.1, 0.15) is 0 Å². The Morgan fingerprint density at radius 3 is 2.81 bits per heavy atom. The maximum Gasteiger partial charge on any atom is 0.227 e. The van der Waals surface area contributed by atoms with Gasteiger partial charge in [0, 0.05) is 46.0 Å². The molecule has 0 radical (unpaired) electrons. The summed E-state index contributed by atoms with van der Waals surface area (Å²) in [6.07, 6.45) is 6.25. The van der Waals surface area contributed by atoms with Crippen LogP contribution < -0.4 is 10.6 Å². The minimum absolute atomic E-state index is 0.0446. The van der Waals surface area contributed by atoms with Crippen LogP contribution in [-0.4, -0.2) is 72.4 Å². The molecule has 8 nitrogen and oxygen atoms in total. The van der Waals surface area contributed by atoms with Crippen LogP contribution in [-0.2, 0) is 27.8 Å². The number of carbonyl (C=O) groups is 2. The number of aromatic nitrogens is 2. The molecular weight excluding hydrogens is 334 g/mol. The fraction of sp³-hybridized carbons (Fsp3) is 0.722. The molecule has 1 aromatic heterocycles. The lowest BCUT2D eigenvalue weighted by atomic mass is 9.88. The van der Waals surface area contributed by atoms with Crippen LogP contribution in [0.4, 0.5) is 0 Å². The monoisotopic (exact) mass is 363 g/mol. The molecule has 144 valence electrons. The summed E-state index contributed by atoms with van der Waals surface area (Å²) in [5, 5.41) is 10.4. The molecule has 3 rings (SSSR count). The van der Waals surface area contributed by atoms with Crippen LogP contribution in [0.5, 0.6) is 0 Å². The number of nitrogens with one attached hydrogen (secondary N) is 2. The first-order chi connectivity index (χ1) is 12.6. The highest BCUT2D eigenvalue weighted by atomic mass is 16.5. The van der Waals surface area contributed by atoms with Crippen molar-refractivity contribution in [2.45, 2.75) is 19.3 Å². The number of rotatable bonds is 6. The van der Waals surface area contributed by atoms with E-state index >= 15 is 0 Å². The lowest BCUT2D eigenvalue weighted by Gasteiger charge is -2.34. The van der Waals surface area contributed by atoms with Gasteiger partial charge in [-0.15, -0.1) is 0 Å². The van der Waals surface area contributed by atoms with Gasteiger partial charge in [0.05, 0.1) is 31.2 Å². The zero-order valence-corrected chi connectivity index (χ0v) is 15.4. The number of amides is 2. The maximum absolute atomic E-state index is 12.6. The Morgan fingerprint density at radius 1 is 1.31 bits per heavy atom. The van der Waals surface area contributed by atoms with E-state index < -0.39 is 0 Å². The molecule has 0 aliphatic carbocycles. The molecule has 8 heteroatoms. The lowest BCUT2D eigenvalue weighted by molar-refractivity contribution is -0.141. The van der Waals surface area contributed by atoms with E-state index in [1.54, 1.807) is 4.68 Å². The first kappa shape index (κ1) is 18.8. The molecule has 2 fully saturated rings. The van der Waals surface area contributed by atoms with Crippen molar-refractivity contribution in [1.29, 1.82) is 0 Å². The third kappa shape index (κ3) is 5.04. The maximum atomic E-state index is 12.6. The van der Waals surface area contributed by atoms with Crippen molar-refractivity contribution in [2.75, 3.05) is 45.9 Å². The number of aryl methyl sites for hydroxylation is 2. The number of piperidine rings is 1. The van der Waals surface area contributed by atoms with Crippen molar-refractivity contribution in [3.8, 4) is 0 Å². The van der Waals surface area contributed by atoms with E-state index in [0.717, 1.165) is 12.8 Å². The van der Waals surface area contributed by atoms with Gasteiger partial charge in [-0.05, 0) is 24.8 Å². The summed E-state index contributed by atoms with van der Waals surface area (Å²) in [6, 6.07) is 0. The molecule has 2 aliphatic rings. The van der Waals surface area contributed by atoms with Gasteiger partial charge in [-0.2, -0.15) is 5.10 Å². The molecule has 0 unspecified atom stereocenters. The Balaban J connectivity index is 1.40. The molecule has 2 aliphatic heterocycles.